The molecule has 2 amide bonds. The Bertz CT molecular complexity index is 738. The minimum Gasteiger partial charge on any atom is -0.267 e. The Kier molecular flexibility index (Phi) is 4.62. The van der Waals surface area contributed by atoms with Crippen molar-refractivity contribution in [3.05, 3.63) is 64.2 Å². The lowest BCUT2D eigenvalue weighted by Crippen LogP contribution is -2.42. The Balaban J connectivity index is 2.05. The fourth-order valence-corrected chi connectivity index (χ4v) is 1.59. The normalized spacial score (nSPS) is 10.2. The first-order valence-corrected chi connectivity index (χ1v) is 6.14. The summed E-state index contributed by atoms with van der Waals surface area (Å²) in [7, 11) is 0. The molecular weight excluding hydrogens is 323 g/mol. The molecule has 2 aromatic rings. The van der Waals surface area contributed by atoms with Crippen molar-refractivity contribution >= 4 is 23.4 Å². The molecule has 0 radical (unpaired) electrons. The SMILES string of the molecule is O=C(NNC(=O)c1cc(F)c(F)nc1F)c1ccc(Cl)cc1. The van der Waals surface area contributed by atoms with Crippen LogP contribution in [0.3, 0.4) is 0 Å². The molecule has 2 N–H and O–H groups in total. The van der Waals surface area contributed by atoms with Crippen LogP contribution in [0.4, 0.5) is 13.2 Å². The predicted octanol–water partition coefficient (Wildman–Crippen LogP) is 2.23. The van der Waals surface area contributed by atoms with Gasteiger partial charge in [-0.05, 0) is 30.3 Å². The number of hydrogen-bond acceptors (Lipinski definition) is 3. The van der Waals surface area contributed by atoms with Gasteiger partial charge in [-0.25, -0.2) is 4.39 Å². The van der Waals surface area contributed by atoms with Crippen molar-refractivity contribution in [2.24, 2.45) is 0 Å². The predicted molar refractivity (Wildman–Crippen MR) is 70.5 cm³/mol. The number of nitrogens with one attached hydrogen (secondary N) is 2. The highest BCUT2D eigenvalue weighted by Gasteiger charge is 2.18. The van der Waals surface area contributed by atoms with Crippen molar-refractivity contribution in [2.75, 3.05) is 0 Å². The number of carbonyl (C=O) groups excluding carboxylic acids is 2. The molecule has 22 heavy (non-hydrogen) atoms. The highest BCUT2D eigenvalue weighted by atomic mass is 35.5. The van der Waals surface area contributed by atoms with E-state index in [1.165, 1.54) is 24.3 Å². The number of pyridine rings is 1. The average Bonchev–Trinajstić information content (AvgIpc) is 2.49. The maximum atomic E-state index is 13.3. The number of amides is 2. The van der Waals surface area contributed by atoms with Crippen LogP contribution < -0.4 is 10.9 Å². The van der Waals surface area contributed by atoms with E-state index >= 15 is 0 Å². The molecule has 0 saturated heterocycles. The fraction of sp³-hybridized carbons (Fsp3) is 0. The summed E-state index contributed by atoms with van der Waals surface area (Å²) in [5, 5.41) is 0.413. The minimum absolute atomic E-state index is 0.175. The third-order valence-corrected chi connectivity index (χ3v) is 2.78. The second-order valence-electron chi connectivity index (χ2n) is 4.01. The smallest absolute Gasteiger partial charge is 0.267 e. The van der Waals surface area contributed by atoms with Crippen LogP contribution in [0.25, 0.3) is 0 Å². The molecule has 0 atom stereocenters. The number of carbonyl (C=O) groups is 2. The summed E-state index contributed by atoms with van der Waals surface area (Å²) in [5.74, 6) is -6.56. The van der Waals surface area contributed by atoms with E-state index in [0.29, 0.717) is 11.1 Å². The van der Waals surface area contributed by atoms with E-state index in [-0.39, 0.29) is 5.56 Å². The Morgan fingerprint density at radius 2 is 1.55 bits per heavy atom. The Morgan fingerprint density at radius 1 is 0.955 bits per heavy atom. The van der Waals surface area contributed by atoms with Crippen molar-refractivity contribution in [1.82, 2.24) is 15.8 Å². The van der Waals surface area contributed by atoms with Crippen molar-refractivity contribution in [2.45, 2.75) is 0 Å². The first-order chi connectivity index (χ1) is 10.4. The molecule has 0 unspecified atom stereocenters. The van der Waals surface area contributed by atoms with E-state index in [4.69, 9.17) is 11.6 Å². The minimum atomic E-state index is -1.67. The number of hydrazine groups is 1. The maximum Gasteiger partial charge on any atom is 0.274 e. The molecule has 1 heterocycles. The molecule has 2 rings (SSSR count). The molecule has 0 aliphatic carbocycles. The molecule has 9 heteroatoms. The van der Waals surface area contributed by atoms with Gasteiger partial charge in [0.15, 0.2) is 5.82 Å². The van der Waals surface area contributed by atoms with Gasteiger partial charge in [-0.15, -0.1) is 0 Å². The van der Waals surface area contributed by atoms with Crippen LogP contribution in [0.15, 0.2) is 30.3 Å². The molecule has 0 aliphatic rings. The van der Waals surface area contributed by atoms with E-state index in [2.05, 4.69) is 4.98 Å². The molecule has 114 valence electrons. The van der Waals surface area contributed by atoms with Gasteiger partial charge in [-0.2, -0.15) is 13.8 Å². The summed E-state index contributed by atoms with van der Waals surface area (Å²) in [4.78, 5) is 25.9. The zero-order valence-electron chi connectivity index (χ0n) is 10.7. The third-order valence-electron chi connectivity index (χ3n) is 2.53. The van der Waals surface area contributed by atoms with Crippen LogP contribution >= 0.6 is 11.6 Å². The molecule has 0 spiro atoms. The summed E-state index contributed by atoms with van der Waals surface area (Å²) >= 11 is 5.65. The molecule has 0 aliphatic heterocycles. The molecule has 1 aromatic carbocycles. The first-order valence-electron chi connectivity index (χ1n) is 5.76. The van der Waals surface area contributed by atoms with Gasteiger partial charge in [0.2, 0.25) is 5.95 Å². The van der Waals surface area contributed by atoms with Crippen molar-refractivity contribution in [1.29, 1.82) is 0 Å². The highest BCUT2D eigenvalue weighted by Crippen LogP contribution is 2.10. The molecular formula is C13H7ClF3N3O2. The van der Waals surface area contributed by atoms with Crippen LogP contribution in [0.5, 0.6) is 0 Å². The quantitative estimate of drug-likeness (QED) is 0.655. The largest absolute Gasteiger partial charge is 0.274 e. The van der Waals surface area contributed by atoms with Crippen LogP contribution in [-0.2, 0) is 0 Å². The number of benzene rings is 1. The first kappa shape index (κ1) is 15.8. The van der Waals surface area contributed by atoms with Gasteiger partial charge in [0.05, 0.1) is 5.56 Å². The summed E-state index contributed by atoms with van der Waals surface area (Å²) in [6.45, 7) is 0. The maximum absolute atomic E-state index is 13.3. The molecule has 0 fully saturated rings. The molecule has 1 aromatic heterocycles. The summed E-state index contributed by atoms with van der Waals surface area (Å²) in [6.07, 6.45) is 0. The summed E-state index contributed by atoms with van der Waals surface area (Å²) in [5.41, 5.74) is 3.17. The van der Waals surface area contributed by atoms with Crippen molar-refractivity contribution in [3.8, 4) is 0 Å². The summed E-state index contributed by atoms with van der Waals surface area (Å²) < 4.78 is 38.9. The Labute approximate surface area is 127 Å². The van der Waals surface area contributed by atoms with E-state index in [0.717, 1.165) is 0 Å². The monoisotopic (exact) mass is 329 g/mol. The van der Waals surface area contributed by atoms with Crippen LogP contribution in [0.1, 0.15) is 20.7 Å². The number of nitrogens with zero attached hydrogens (tertiary/aromatic N) is 1. The number of rotatable bonds is 2. The van der Waals surface area contributed by atoms with E-state index < -0.39 is 35.1 Å². The van der Waals surface area contributed by atoms with Gasteiger partial charge in [0, 0.05) is 10.6 Å². The van der Waals surface area contributed by atoms with Gasteiger partial charge in [-0.3, -0.25) is 20.4 Å². The molecule has 0 saturated carbocycles. The van der Waals surface area contributed by atoms with Crippen LogP contribution in [0, 0.1) is 17.7 Å². The molecule has 0 bridgehead atoms. The Hall–Kier alpha value is -2.61. The lowest BCUT2D eigenvalue weighted by atomic mass is 10.2. The zero-order valence-corrected chi connectivity index (χ0v) is 11.4. The van der Waals surface area contributed by atoms with Gasteiger partial charge in [0.1, 0.15) is 0 Å². The number of aromatic nitrogens is 1. The second-order valence-corrected chi connectivity index (χ2v) is 4.45. The Morgan fingerprint density at radius 3 is 2.18 bits per heavy atom. The van der Waals surface area contributed by atoms with Crippen LogP contribution in [0.2, 0.25) is 5.02 Å². The average molecular weight is 330 g/mol. The fourth-order valence-electron chi connectivity index (χ4n) is 1.46. The lowest BCUT2D eigenvalue weighted by Gasteiger charge is -2.08. The van der Waals surface area contributed by atoms with E-state index in [9.17, 15) is 22.8 Å². The van der Waals surface area contributed by atoms with Gasteiger partial charge in [0.25, 0.3) is 17.8 Å². The van der Waals surface area contributed by atoms with Gasteiger partial charge >= 0.3 is 0 Å². The number of hydrogen-bond donors (Lipinski definition) is 2. The zero-order chi connectivity index (χ0) is 16.3. The standard InChI is InChI=1S/C13H7ClF3N3O2/c14-7-3-1-6(2-4-7)12(21)19-20-13(22)8-5-9(15)11(17)18-10(8)16/h1-5H,(H,19,21)(H,20,22). The lowest BCUT2D eigenvalue weighted by molar-refractivity contribution is 0.0843. The highest BCUT2D eigenvalue weighted by molar-refractivity contribution is 6.30. The van der Waals surface area contributed by atoms with Crippen molar-refractivity contribution in [3.63, 3.8) is 0 Å². The molecule has 5 nitrogen and oxygen atoms in total. The number of halogens is 4. The topological polar surface area (TPSA) is 71.1 Å². The summed E-state index contributed by atoms with van der Waals surface area (Å²) in [6, 6.07) is 6.03. The second kappa shape index (κ2) is 6.44. The van der Waals surface area contributed by atoms with Gasteiger partial charge in [-0.1, -0.05) is 11.6 Å². The van der Waals surface area contributed by atoms with E-state index in [1.54, 1.807) is 0 Å². The van der Waals surface area contributed by atoms with Crippen LogP contribution in [-0.4, -0.2) is 16.8 Å². The van der Waals surface area contributed by atoms with Crippen molar-refractivity contribution < 1.29 is 22.8 Å². The van der Waals surface area contributed by atoms with E-state index in [1.807, 2.05) is 10.9 Å². The van der Waals surface area contributed by atoms with Gasteiger partial charge < -0.3 is 0 Å². The third kappa shape index (κ3) is 3.53.